The molecule has 2 aliphatic rings. The van der Waals surface area contributed by atoms with Gasteiger partial charge >= 0.3 is 0 Å². The Hall–Kier alpha value is -8.19. The Balaban J connectivity index is 1.09. The van der Waals surface area contributed by atoms with E-state index in [4.69, 9.17) is 19.7 Å². The third-order valence-corrected chi connectivity index (χ3v) is 14.5. The lowest BCUT2D eigenvalue weighted by atomic mass is 9.61. The Morgan fingerprint density at radius 1 is 0.406 bits per heavy atom. The highest BCUT2D eigenvalue weighted by Gasteiger charge is 2.50. The quantitative estimate of drug-likeness (QED) is 0.177. The van der Waals surface area contributed by atoms with Gasteiger partial charge in [-0.1, -0.05) is 158 Å². The number of fused-ring (bicyclic) bond motifs is 14. The van der Waals surface area contributed by atoms with Crippen molar-refractivity contribution in [1.29, 1.82) is 0 Å². The Kier molecular flexibility index (Phi) is 7.42. The van der Waals surface area contributed by atoms with E-state index in [0.29, 0.717) is 17.5 Å². The molecule has 12 aromatic rings. The monoisotopic (exact) mass is 834 g/mol. The molecule has 64 heavy (non-hydrogen) atoms. The van der Waals surface area contributed by atoms with E-state index in [9.17, 15) is 0 Å². The summed E-state index contributed by atoms with van der Waals surface area (Å²) in [4.78, 5) is 15.5. The average molecular weight is 835 g/mol. The van der Waals surface area contributed by atoms with Gasteiger partial charge in [0, 0.05) is 64.3 Å². The van der Waals surface area contributed by atoms with Crippen LogP contribution >= 0.6 is 11.3 Å². The number of rotatable bonds is 4. The molecule has 0 fully saturated rings. The summed E-state index contributed by atoms with van der Waals surface area (Å²) in [6.45, 7) is 0. The molecule has 0 unspecified atom stereocenters. The zero-order valence-electron chi connectivity index (χ0n) is 34.2. The molecular weight excluding hydrogens is 801 g/mol. The highest BCUT2D eigenvalue weighted by Crippen LogP contribution is 2.61. The molecule has 5 nitrogen and oxygen atoms in total. The van der Waals surface area contributed by atoms with Crippen LogP contribution in [-0.4, -0.2) is 19.5 Å². The Bertz CT molecular complexity index is 3790. The number of aromatic nitrogens is 4. The van der Waals surface area contributed by atoms with Crippen molar-refractivity contribution in [1.82, 2.24) is 19.5 Å². The molecule has 2 aliphatic heterocycles. The number of thiophene rings is 1. The summed E-state index contributed by atoms with van der Waals surface area (Å²) < 4.78 is 11.7. The van der Waals surface area contributed by atoms with Gasteiger partial charge in [-0.3, -0.25) is 0 Å². The summed E-state index contributed by atoms with van der Waals surface area (Å²) in [6.07, 6.45) is 0. The molecule has 1 spiro atoms. The van der Waals surface area contributed by atoms with E-state index in [2.05, 4.69) is 174 Å². The molecule has 14 rings (SSSR count). The number of hydrogen-bond donors (Lipinski definition) is 0. The van der Waals surface area contributed by atoms with Gasteiger partial charge in [0.15, 0.2) is 17.5 Å². The van der Waals surface area contributed by atoms with Crippen LogP contribution in [0, 0.1) is 0 Å². The molecule has 6 heteroatoms. The molecule has 3 aromatic heterocycles. The summed E-state index contributed by atoms with van der Waals surface area (Å²) in [7, 11) is 0. The third kappa shape index (κ3) is 4.91. The van der Waals surface area contributed by atoms with Gasteiger partial charge in [-0.15, -0.1) is 11.3 Å². The lowest BCUT2D eigenvalue weighted by Crippen LogP contribution is -2.37. The highest BCUT2D eigenvalue weighted by molar-refractivity contribution is 7.26. The summed E-state index contributed by atoms with van der Waals surface area (Å²) in [6, 6.07) is 73.7. The van der Waals surface area contributed by atoms with Gasteiger partial charge in [-0.2, -0.15) is 0 Å². The second-order valence-electron chi connectivity index (χ2n) is 16.7. The fourth-order valence-corrected chi connectivity index (χ4v) is 11.8. The fraction of sp³-hybridized carbons (Fsp3) is 0.0172. The second kappa shape index (κ2) is 13.4. The first-order chi connectivity index (χ1) is 31.7. The zero-order valence-corrected chi connectivity index (χ0v) is 35.1. The van der Waals surface area contributed by atoms with E-state index in [-0.39, 0.29) is 0 Å². The molecule has 0 amide bonds. The first-order valence-corrected chi connectivity index (χ1v) is 22.4. The van der Waals surface area contributed by atoms with E-state index < -0.39 is 5.41 Å². The molecule has 0 radical (unpaired) electrons. The molecule has 0 saturated heterocycles. The summed E-state index contributed by atoms with van der Waals surface area (Å²) in [5.41, 5.74) is 12.6. The van der Waals surface area contributed by atoms with Crippen LogP contribution in [0.1, 0.15) is 22.3 Å². The van der Waals surface area contributed by atoms with E-state index >= 15 is 0 Å². The number of hydrogen-bond acceptors (Lipinski definition) is 5. The van der Waals surface area contributed by atoms with Gasteiger partial charge in [-0.25, -0.2) is 15.0 Å². The minimum absolute atomic E-state index is 0.628. The number of para-hydroxylation sites is 4. The predicted molar refractivity (Wildman–Crippen MR) is 261 cm³/mol. The van der Waals surface area contributed by atoms with E-state index in [1.807, 2.05) is 47.7 Å². The Morgan fingerprint density at radius 2 is 0.984 bits per heavy atom. The molecule has 0 bridgehead atoms. The van der Waals surface area contributed by atoms with Crippen molar-refractivity contribution >= 4 is 53.3 Å². The van der Waals surface area contributed by atoms with Gasteiger partial charge < -0.3 is 9.30 Å². The topological polar surface area (TPSA) is 52.8 Å². The second-order valence-corrected chi connectivity index (χ2v) is 17.7. The maximum Gasteiger partial charge on any atom is 0.164 e. The average Bonchev–Trinajstić information content (AvgIpc) is 3.92. The van der Waals surface area contributed by atoms with Gasteiger partial charge in [0.05, 0.1) is 22.1 Å². The smallest absolute Gasteiger partial charge is 0.164 e. The van der Waals surface area contributed by atoms with Crippen LogP contribution in [0.25, 0.3) is 93.0 Å². The Morgan fingerprint density at radius 3 is 1.70 bits per heavy atom. The first-order valence-electron chi connectivity index (χ1n) is 21.6. The van der Waals surface area contributed by atoms with Crippen molar-refractivity contribution in [3.05, 3.63) is 229 Å². The van der Waals surface area contributed by atoms with Crippen LogP contribution in [0.15, 0.2) is 206 Å². The van der Waals surface area contributed by atoms with Crippen molar-refractivity contribution in [2.45, 2.75) is 5.41 Å². The molecule has 0 saturated carbocycles. The minimum Gasteiger partial charge on any atom is -0.457 e. The standard InChI is InChI=1S/C58H34N4OS/c1-3-16-35(17-4-1)55-59-56(36-18-5-2-6-19-36)61-57(60-55)38-32-42(54-43(33-38)40-21-8-14-29-52(40)64-54)37-30-31-49-47(34-37)58(44-23-9-12-27-50(44)63-51-28-13-10-24-45(51)58)46-25-15-22-41-39-20-7-11-26-48(39)62(49)53(41)46/h1-34H. The summed E-state index contributed by atoms with van der Waals surface area (Å²) in [5, 5.41) is 4.86. The summed E-state index contributed by atoms with van der Waals surface area (Å²) in [5.74, 6) is 3.64. The molecule has 5 heterocycles. The van der Waals surface area contributed by atoms with Crippen molar-refractivity contribution in [2.24, 2.45) is 0 Å². The van der Waals surface area contributed by atoms with E-state index in [1.165, 1.54) is 53.1 Å². The number of nitrogens with zero attached hydrogens (tertiary/aromatic N) is 4. The predicted octanol–water partition coefficient (Wildman–Crippen LogP) is 14.8. The fourth-order valence-electron chi connectivity index (χ4n) is 10.6. The minimum atomic E-state index is -0.694. The van der Waals surface area contributed by atoms with Crippen LogP contribution in [0.3, 0.4) is 0 Å². The van der Waals surface area contributed by atoms with Crippen molar-refractivity contribution in [3.63, 3.8) is 0 Å². The van der Waals surface area contributed by atoms with E-state index in [1.54, 1.807) is 0 Å². The zero-order chi connectivity index (χ0) is 41.9. The van der Waals surface area contributed by atoms with Crippen molar-refractivity contribution in [3.8, 4) is 62.5 Å². The summed E-state index contributed by atoms with van der Waals surface area (Å²) >= 11 is 1.84. The maximum absolute atomic E-state index is 6.79. The van der Waals surface area contributed by atoms with Crippen LogP contribution in [-0.2, 0) is 5.41 Å². The number of ether oxygens (including phenoxy) is 1. The molecule has 9 aromatic carbocycles. The van der Waals surface area contributed by atoms with E-state index in [0.717, 1.165) is 56.1 Å². The van der Waals surface area contributed by atoms with Gasteiger partial charge in [-0.05, 0) is 65.2 Å². The largest absolute Gasteiger partial charge is 0.457 e. The maximum atomic E-state index is 6.79. The van der Waals surface area contributed by atoms with Crippen molar-refractivity contribution < 1.29 is 4.74 Å². The number of benzene rings is 9. The molecule has 0 aliphatic carbocycles. The van der Waals surface area contributed by atoms with Crippen LogP contribution in [0.2, 0.25) is 0 Å². The normalized spacial score (nSPS) is 13.2. The first kappa shape index (κ1) is 35.4. The van der Waals surface area contributed by atoms with Crippen molar-refractivity contribution in [2.75, 3.05) is 0 Å². The third-order valence-electron chi connectivity index (χ3n) is 13.3. The van der Waals surface area contributed by atoms with Crippen LogP contribution in [0.5, 0.6) is 11.5 Å². The van der Waals surface area contributed by atoms with Gasteiger partial charge in [0.1, 0.15) is 11.5 Å². The molecule has 298 valence electrons. The molecular formula is C58H34N4OS. The van der Waals surface area contributed by atoms with Gasteiger partial charge in [0.2, 0.25) is 0 Å². The SMILES string of the molecule is c1ccc(-c2nc(-c3ccccc3)nc(-c3cc(-c4ccc5c(c4)C4(c6ccccc6Oc6ccccc64)c4cccc6c7ccccc7n-5c46)c4sc5ccccc5c4c3)n2)cc1. The van der Waals surface area contributed by atoms with Crippen LogP contribution in [0.4, 0.5) is 0 Å². The lowest BCUT2D eigenvalue weighted by Gasteiger charge is -2.45. The highest BCUT2D eigenvalue weighted by atomic mass is 32.1. The Labute approximate surface area is 372 Å². The molecule has 0 atom stereocenters. The van der Waals surface area contributed by atoms with Gasteiger partial charge in [0.25, 0.3) is 0 Å². The van der Waals surface area contributed by atoms with Crippen LogP contribution < -0.4 is 4.74 Å². The lowest BCUT2D eigenvalue weighted by molar-refractivity contribution is 0.434. The molecule has 0 N–H and O–H groups in total.